The number of imidazole rings is 1. The fourth-order valence-electron chi connectivity index (χ4n) is 1.91. The van der Waals surface area contributed by atoms with E-state index in [-0.39, 0.29) is 5.69 Å². The van der Waals surface area contributed by atoms with E-state index in [2.05, 4.69) is 9.97 Å². The van der Waals surface area contributed by atoms with Gasteiger partial charge in [-0.25, -0.2) is 9.97 Å². The molecule has 2 heterocycles. The number of nitrogen functional groups attached to an aromatic ring is 1. The fourth-order valence-corrected chi connectivity index (χ4v) is 1.91. The number of nitro groups is 1. The van der Waals surface area contributed by atoms with Crippen molar-refractivity contribution in [2.45, 2.75) is 0 Å². The number of hydrogen-bond acceptors (Lipinski definition) is 5. The summed E-state index contributed by atoms with van der Waals surface area (Å²) >= 11 is 0. The Kier molecular flexibility index (Phi) is 2.38. The molecule has 0 spiro atoms. The van der Waals surface area contributed by atoms with Crippen LogP contribution in [0.25, 0.3) is 16.8 Å². The topological polar surface area (TPSA) is 99.3 Å². The number of benzene rings is 1. The molecule has 2 N–H and O–H groups in total. The highest BCUT2D eigenvalue weighted by molar-refractivity contribution is 5.78. The molecule has 1 aromatic carbocycles. The molecule has 0 unspecified atom stereocenters. The summed E-state index contributed by atoms with van der Waals surface area (Å²) in [5.41, 5.74) is 8.09. The summed E-state index contributed by atoms with van der Waals surface area (Å²) in [5.74, 6) is 0.346. The van der Waals surface area contributed by atoms with Gasteiger partial charge in [-0.1, -0.05) is 0 Å². The average molecular weight is 255 g/mol. The minimum atomic E-state index is -0.434. The Morgan fingerprint density at radius 3 is 2.58 bits per heavy atom. The molecule has 0 fully saturated rings. The molecule has 0 aliphatic rings. The van der Waals surface area contributed by atoms with Crippen molar-refractivity contribution in [2.75, 3.05) is 5.73 Å². The maximum absolute atomic E-state index is 10.6. The van der Waals surface area contributed by atoms with Gasteiger partial charge in [-0.3, -0.25) is 14.5 Å². The van der Waals surface area contributed by atoms with Crippen LogP contribution in [-0.2, 0) is 0 Å². The van der Waals surface area contributed by atoms with Crippen LogP contribution >= 0.6 is 0 Å². The van der Waals surface area contributed by atoms with E-state index in [1.807, 2.05) is 0 Å². The Morgan fingerprint density at radius 2 is 1.89 bits per heavy atom. The summed E-state index contributed by atoms with van der Waals surface area (Å²) in [6, 6.07) is 8.02. The Bertz CT molecular complexity index is 763. The summed E-state index contributed by atoms with van der Waals surface area (Å²) in [7, 11) is 0. The largest absolute Gasteiger partial charge is 0.369 e. The van der Waals surface area contributed by atoms with Crippen molar-refractivity contribution in [3.05, 3.63) is 53.0 Å². The Morgan fingerprint density at radius 1 is 1.16 bits per heavy atom. The van der Waals surface area contributed by atoms with Crippen LogP contribution in [0.1, 0.15) is 0 Å². The first-order valence-electron chi connectivity index (χ1n) is 5.49. The highest BCUT2D eigenvalue weighted by Gasteiger charge is 2.10. The van der Waals surface area contributed by atoms with Crippen molar-refractivity contribution >= 4 is 17.2 Å². The lowest BCUT2D eigenvalue weighted by atomic mass is 10.1. The number of nitrogens with zero attached hydrogens (tertiary/aromatic N) is 4. The molecular weight excluding hydrogens is 246 g/mol. The molecule has 7 nitrogen and oxygen atoms in total. The maximum Gasteiger partial charge on any atom is 0.269 e. The van der Waals surface area contributed by atoms with Gasteiger partial charge in [0.05, 0.1) is 16.1 Å². The number of hydrogen-bond donors (Lipinski definition) is 1. The fraction of sp³-hybridized carbons (Fsp3) is 0. The third-order valence-electron chi connectivity index (χ3n) is 2.84. The standard InChI is InChI=1S/C12H9N5O2/c13-12-14-6-5-10-11(15-7-16(10)12)8-1-3-9(4-2-8)17(18)19/h1-7H,(H2,13,14). The zero-order chi connectivity index (χ0) is 13.4. The number of aromatic nitrogens is 3. The van der Waals surface area contributed by atoms with E-state index in [1.54, 1.807) is 35.1 Å². The molecule has 94 valence electrons. The van der Waals surface area contributed by atoms with E-state index < -0.39 is 4.92 Å². The van der Waals surface area contributed by atoms with E-state index in [1.165, 1.54) is 12.1 Å². The number of nitro benzene ring substituents is 1. The van der Waals surface area contributed by atoms with Crippen LogP contribution in [0.2, 0.25) is 0 Å². The van der Waals surface area contributed by atoms with Gasteiger partial charge in [0.2, 0.25) is 5.95 Å². The maximum atomic E-state index is 10.6. The molecule has 0 amide bonds. The van der Waals surface area contributed by atoms with E-state index in [0.29, 0.717) is 11.6 Å². The van der Waals surface area contributed by atoms with Crippen LogP contribution in [0.5, 0.6) is 0 Å². The summed E-state index contributed by atoms with van der Waals surface area (Å²) in [4.78, 5) is 18.4. The van der Waals surface area contributed by atoms with Crippen LogP contribution in [-0.4, -0.2) is 19.3 Å². The number of nitrogens with two attached hydrogens (primary N) is 1. The van der Waals surface area contributed by atoms with Crippen LogP contribution in [0.3, 0.4) is 0 Å². The quantitative estimate of drug-likeness (QED) is 0.556. The zero-order valence-corrected chi connectivity index (χ0v) is 9.72. The van der Waals surface area contributed by atoms with E-state index >= 15 is 0 Å². The van der Waals surface area contributed by atoms with Gasteiger partial charge in [-0.2, -0.15) is 0 Å². The third-order valence-corrected chi connectivity index (χ3v) is 2.84. The minimum Gasteiger partial charge on any atom is -0.369 e. The molecule has 3 aromatic rings. The Labute approximate surface area is 107 Å². The second kappa shape index (κ2) is 4.05. The molecule has 0 saturated heterocycles. The summed E-state index contributed by atoms with van der Waals surface area (Å²) < 4.78 is 1.66. The molecule has 7 heteroatoms. The lowest BCUT2D eigenvalue weighted by molar-refractivity contribution is -0.384. The molecule has 0 atom stereocenters. The van der Waals surface area contributed by atoms with Crippen molar-refractivity contribution in [1.82, 2.24) is 14.4 Å². The lowest BCUT2D eigenvalue weighted by Crippen LogP contribution is -1.97. The summed E-state index contributed by atoms with van der Waals surface area (Å²) in [5, 5.41) is 10.6. The minimum absolute atomic E-state index is 0.0495. The first-order valence-corrected chi connectivity index (χ1v) is 5.49. The predicted octanol–water partition coefficient (Wildman–Crippen LogP) is 1.89. The van der Waals surface area contributed by atoms with Gasteiger partial charge < -0.3 is 5.73 Å². The van der Waals surface area contributed by atoms with Gasteiger partial charge >= 0.3 is 0 Å². The Hall–Kier alpha value is -2.96. The van der Waals surface area contributed by atoms with Gasteiger partial charge in [0.25, 0.3) is 5.69 Å². The van der Waals surface area contributed by atoms with Crippen molar-refractivity contribution in [1.29, 1.82) is 0 Å². The van der Waals surface area contributed by atoms with Gasteiger partial charge in [0.1, 0.15) is 6.33 Å². The molecule has 0 saturated carbocycles. The number of anilines is 1. The second-order valence-corrected chi connectivity index (χ2v) is 3.96. The van der Waals surface area contributed by atoms with E-state index in [4.69, 9.17) is 5.73 Å². The van der Waals surface area contributed by atoms with Crippen molar-refractivity contribution < 1.29 is 4.92 Å². The molecule has 2 aromatic heterocycles. The highest BCUT2D eigenvalue weighted by Crippen LogP contribution is 2.25. The molecule has 0 aliphatic heterocycles. The predicted molar refractivity (Wildman–Crippen MR) is 69.5 cm³/mol. The molecular formula is C12H9N5O2. The number of rotatable bonds is 2. The normalized spacial score (nSPS) is 10.7. The number of non-ortho nitro benzene ring substituents is 1. The Balaban J connectivity index is 2.14. The monoisotopic (exact) mass is 255 g/mol. The van der Waals surface area contributed by atoms with Gasteiger partial charge in [-0.15, -0.1) is 0 Å². The first-order chi connectivity index (χ1) is 9.16. The molecule has 0 bridgehead atoms. The third kappa shape index (κ3) is 1.77. The molecule has 0 radical (unpaired) electrons. The molecule has 19 heavy (non-hydrogen) atoms. The summed E-state index contributed by atoms with van der Waals surface area (Å²) in [6.45, 7) is 0. The van der Waals surface area contributed by atoms with E-state index in [0.717, 1.165) is 11.1 Å². The molecule has 0 aliphatic carbocycles. The SMILES string of the molecule is Nc1nccc2c(-c3ccc([N+](=O)[O-])cc3)ncn12. The van der Waals surface area contributed by atoms with Gasteiger partial charge in [0.15, 0.2) is 0 Å². The van der Waals surface area contributed by atoms with Crippen molar-refractivity contribution in [3.8, 4) is 11.3 Å². The smallest absolute Gasteiger partial charge is 0.269 e. The van der Waals surface area contributed by atoms with Crippen LogP contribution < -0.4 is 5.73 Å². The van der Waals surface area contributed by atoms with Crippen molar-refractivity contribution in [3.63, 3.8) is 0 Å². The van der Waals surface area contributed by atoms with Crippen LogP contribution in [0.4, 0.5) is 11.6 Å². The molecule has 3 rings (SSSR count). The van der Waals surface area contributed by atoms with Crippen LogP contribution in [0, 0.1) is 10.1 Å². The highest BCUT2D eigenvalue weighted by atomic mass is 16.6. The van der Waals surface area contributed by atoms with E-state index in [9.17, 15) is 10.1 Å². The zero-order valence-electron chi connectivity index (χ0n) is 9.72. The first kappa shape index (κ1) is 11.1. The van der Waals surface area contributed by atoms with Gasteiger partial charge in [-0.05, 0) is 18.2 Å². The average Bonchev–Trinajstić information content (AvgIpc) is 2.84. The summed E-state index contributed by atoms with van der Waals surface area (Å²) in [6.07, 6.45) is 3.18. The van der Waals surface area contributed by atoms with Crippen LogP contribution in [0.15, 0.2) is 42.9 Å². The second-order valence-electron chi connectivity index (χ2n) is 3.96. The lowest BCUT2D eigenvalue weighted by Gasteiger charge is -2.00. The van der Waals surface area contributed by atoms with Gasteiger partial charge in [0, 0.05) is 23.9 Å². The number of fused-ring (bicyclic) bond motifs is 1. The van der Waals surface area contributed by atoms with Crippen molar-refractivity contribution in [2.24, 2.45) is 0 Å².